The Morgan fingerprint density at radius 3 is 2.52 bits per heavy atom. The third-order valence-corrected chi connectivity index (χ3v) is 5.46. The molecule has 1 aliphatic carbocycles. The number of carbonyl (C=O) groups excluding carboxylic acids is 1. The van der Waals surface area contributed by atoms with Crippen molar-refractivity contribution in [2.45, 2.75) is 70.9 Å². The number of likely N-dealkylation sites (tertiary alicyclic amines) is 1. The zero-order valence-corrected chi connectivity index (χ0v) is 13.9. The minimum absolute atomic E-state index is 0.328. The Morgan fingerprint density at radius 1 is 1.19 bits per heavy atom. The van der Waals surface area contributed by atoms with Crippen LogP contribution < -0.4 is 5.73 Å². The van der Waals surface area contributed by atoms with Crippen molar-refractivity contribution in [3.05, 3.63) is 0 Å². The van der Waals surface area contributed by atoms with Crippen LogP contribution >= 0.6 is 0 Å². The van der Waals surface area contributed by atoms with Crippen LogP contribution in [-0.4, -0.2) is 54.0 Å². The summed E-state index contributed by atoms with van der Waals surface area (Å²) < 4.78 is 0. The first kappa shape index (κ1) is 16.8. The van der Waals surface area contributed by atoms with E-state index in [0.717, 1.165) is 19.6 Å². The van der Waals surface area contributed by atoms with Gasteiger partial charge in [0.15, 0.2) is 0 Å². The van der Waals surface area contributed by atoms with Gasteiger partial charge in [-0.2, -0.15) is 0 Å². The zero-order chi connectivity index (χ0) is 15.2. The van der Waals surface area contributed by atoms with Crippen LogP contribution in [0.1, 0.15) is 58.8 Å². The standard InChI is InChI=1S/C17H33N3O/c1-3-20(16-7-5-4-6-8-16)17(21)13-19-12-15(11-18)10-9-14(19)2/h14-16H,3-13,18H2,1-2H3. The second kappa shape index (κ2) is 8.14. The topological polar surface area (TPSA) is 49.6 Å². The highest BCUT2D eigenvalue weighted by Gasteiger charge is 2.29. The fraction of sp³-hybridized carbons (Fsp3) is 0.941. The highest BCUT2D eigenvalue weighted by molar-refractivity contribution is 5.78. The lowest BCUT2D eigenvalue weighted by molar-refractivity contribution is -0.136. The monoisotopic (exact) mass is 295 g/mol. The Bertz CT molecular complexity index is 328. The summed E-state index contributed by atoms with van der Waals surface area (Å²) in [7, 11) is 0. The van der Waals surface area contributed by atoms with Crippen molar-refractivity contribution >= 4 is 5.91 Å². The van der Waals surface area contributed by atoms with Crippen molar-refractivity contribution in [2.24, 2.45) is 11.7 Å². The number of carbonyl (C=O) groups is 1. The molecule has 1 heterocycles. The first-order valence-corrected chi connectivity index (χ1v) is 8.89. The molecule has 2 aliphatic rings. The minimum atomic E-state index is 0.328. The summed E-state index contributed by atoms with van der Waals surface area (Å²) in [4.78, 5) is 17.2. The number of likely N-dealkylation sites (N-methyl/N-ethyl adjacent to an activating group) is 1. The summed E-state index contributed by atoms with van der Waals surface area (Å²) in [5.74, 6) is 0.896. The predicted molar refractivity (Wildman–Crippen MR) is 87.1 cm³/mol. The summed E-state index contributed by atoms with van der Waals surface area (Å²) in [5.41, 5.74) is 5.82. The maximum absolute atomic E-state index is 12.7. The quantitative estimate of drug-likeness (QED) is 0.846. The van der Waals surface area contributed by atoms with E-state index in [1.54, 1.807) is 0 Å². The first-order valence-electron chi connectivity index (χ1n) is 8.89. The number of piperidine rings is 1. The van der Waals surface area contributed by atoms with E-state index >= 15 is 0 Å². The van der Waals surface area contributed by atoms with Gasteiger partial charge in [0.2, 0.25) is 5.91 Å². The van der Waals surface area contributed by atoms with Crippen LogP contribution in [0, 0.1) is 5.92 Å². The lowest BCUT2D eigenvalue weighted by Crippen LogP contribution is -2.51. The average Bonchev–Trinajstić information content (AvgIpc) is 2.51. The van der Waals surface area contributed by atoms with E-state index in [1.807, 2.05) is 0 Å². The molecule has 2 atom stereocenters. The van der Waals surface area contributed by atoms with Gasteiger partial charge in [0.05, 0.1) is 6.54 Å². The van der Waals surface area contributed by atoms with Crippen LogP contribution in [0.4, 0.5) is 0 Å². The second-order valence-corrected chi connectivity index (χ2v) is 6.93. The second-order valence-electron chi connectivity index (χ2n) is 6.93. The summed E-state index contributed by atoms with van der Waals surface area (Å²) in [6.07, 6.45) is 8.67. The molecule has 1 saturated heterocycles. The third-order valence-electron chi connectivity index (χ3n) is 5.46. The molecule has 1 saturated carbocycles. The summed E-state index contributed by atoms with van der Waals surface area (Å²) in [5, 5.41) is 0. The molecule has 4 heteroatoms. The lowest BCUT2D eigenvalue weighted by Gasteiger charge is -2.40. The maximum atomic E-state index is 12.7. The van der Waals surface area contributed by atoms with E-state index < -0.39 is 0 Å². The van der Waals surface area contributed by atoms with E-state index in [0.29, 0.717) is 30.5 Å². The van der Waals surface area contributed by atoms with Crippen LogP contribution in [0.5, 0.6) is 0 Å². The number of nitrogens with zero attached hydrogens (tertiary/aromatic N) is 2. The van der Waals surface area contributed by atoms with Crippen LogP contribution in [0.25, 0.3) is 0 Å². The molecule has 4 nitrogen and oxygen atoms in total. The highest BCUT2D eigenvalue weighted by atomic mass is 16.2. The van der Waals surface area contributed by atoms with Gasteiger partial charge < -0.3 is 10.6 Å². The molecule has 0 bridgehead atoms. The number of amides is 1. The number of hydrogen-bond acceptors (Lipinski definition) is 3. The molecular weight excluding hydrogens is 262 g/mol. The van der Waals surface area contributed by atoms with Crippen molar-refractivity contribution in [1.29, 1.82) is 0 Å². The summed E-state index contributed by atoms with van der Waals surface area (Å²) in [6.45, 7) is 7.54. The molecule has 2 unspecified atom stereocenters. The minimum Gasteiger partial charge on any atom is -0.339 e. The fourth-order valence-electron chi connectivity index (χ4n) is 3.97. The van der Waals surface area contributed by atoms with Crippen molar-refractivity contribution in [3.8, 4) is 0 Å². The van der Waals surface area contributed by atoms with Crippen LogP contribution in [-0.2, 0) is 4.79 Å². The van der Waals surface area contributed by atoms with Crippen molar-refractivity contribution in [1.82, 2.24) is 9.80 Å². The third kappa shape index (κ3) is 4.43. The molecule has 2 fully saturated rings. The van der Waals surface area contributed by atoms with E-state index in [2.05, 4.69) is 23.6 Å². The molecule has 1 amide bonds. The van der Waals surface area contributed by atoms with E-state index in [9.17, 15) is 4.79 Å². The summed E-state index contributed by atoms with van der Waals surface area (Å²) >= 11 is 0. The van der Waals surface area contributed by atoms with Gasteiger partial charge in [-0.15, -0.1) is 0 Å². The summed E-state index contributed by atoms with van der Waals surface area (Å²) in [6, 6.07) is 1.00. The van der Waals surface area contributed by atoms with E-state index in [1.165, 1.54) is 44.9 Å². The Labute approximate surface area is 130 Å². The Morgan fingerprint density at radius 2 is 1.90 bits per heavy atom. The molecule has 1 aliphatic heterocycles. The van der Waals surface area contributed by atoms with Crippen LogP contribution in [0.15, 0.2) is 0 Å². The molecule has 0 spiro atoms. The van der Waals surface area contributed by atoms with Crippen molar-refractivity contribution in [3.63, 3.8) is 0 Å². The van der Waals surface area contributed by atoms with E-state index in [-0.39, 0.29) is 0 Å². The van der Waals surface area contributed by atoms with Gasteiger partial charge in [-0.1, -0.05) is 19.3 Å². The number of hydrogen-bond donors (Lipinski definition) is 1. The smallest absolute Gasteiger partial charge is 0.236 e. The van der Waals surface area contributed by atoms with Gasteiger partial charge in [-0.3, -0.25) is 9.69 Å². The molecule has 0 aromatic heterocycles. The molecule has 122 valence electrons. The van der Waals surface area contributed by atoms with Crippen molar-refractivity contribution < 1.29 is 4.79 Å². The fourth-order valence-corrected chi connectivity index (χ4v) is 3.97. The highest BCUT2D eigenvalue weighted by Crippen LogP contribution is 2.24. The Hall–Kier alpha value is -0.610. The number of rotatable bonds is 5. The SMILES string of the molecule is CCN(C(=O)CN1CC(CN)CCC1C)C1CCCCC1. The van der Waals surface area contributed by atoms with Gasteiger partial charge in [0.25, 0.3) is 0 Å². The van der Waals surface area contributed by atoms with Gasteiger partial charge in [0.1, 0.15) is 0 Å². The largest absolute Gasteiger partial charge is 0.339 e. The Kier molecular flexibility index (Phi) is 6.49. The molecule has 2 rings (SSSR count). The normalized spacial score (nSPS) is 28.5. The number of nitrogens with two attached hydrogens (primary N) is 1. The van der Waals surface area contributed by atoms with Crippen LogP contribution in [0.2, 0.25) is 0 Å². The molecular formula is C17H33N3O. The van der Waals surface area contributed by atoms with Crippen molar-refractivity contribution in [2.75, 3.05) is 26.2 Å². The van der Waals surface area contributed by atoms with E-state index in [4.69, 9.17) is 5.73 Å². The lowest BCUT2D eigenvalue weighted by atomic mass is 9.93. The maximum Gasteiger partial charge on any atom is 0.236 e. The Balaban J connectivity index is 1.91. The van der Waals surface area contributed by atoms with Gasteiger partial charge in [0, 0.05) is 25.2 Å². The molecule has 2 N–H and O–H groups in total. The van der Waals surface area contributed by atoms with Crippen LogP contribution in [0.3, 0.4) is 0 Å². The average molecular weight is 295 g/mol. The molecule has 0 aromatic rings. The predicted octanol–water partition coefficient (Wildman–Crippen LogP) is 2.23. The molecule has 0 radical (unpaired) electrons. The first-order chi connectivity index (χ1) is 10.2. The zero-order valence-electron chi connectivity index (χ0n) is 13.9. The van der Waals surface area contributed by atoms with Gasteiger partial charge in [-0.25, -0.2) is 0 Å². The molecule has 0 aromatic carbocycles. The van der Waals surface area contributed by atoms with Gasteiger partial charge >= 0.3 is 0 Å². The molecule has 21 heavy (non-hydrogen) atoms. The van der Waals surface area contributed by atoms with Gasteiger partial charge in [-0.05, 0) is 52.0 Å².